The van der Waals surface area contributed by atoms with E-state index in [1.54, 1.807) is 23.1 Å². The predicted molar refractivity (Wildman–Crippen MR) is 151 cm³/mol. The molecular formula is C32H31N3O5. The molecule has 1 amide bonds. The lowest BCUT2D eigenvalue weighted by atomic mass is 9.93. The summed E-state index contributed by atoms with van der Waals surface area (Å²) >= 11 is 0. The van der Waals surface area contributed by atoms with E-state index in [1.165, 1.54) is 0 Å². The number of aromatic nitrogens is 2. The first-order valence-corrected chi connectivity index (χ1v) is 13.5. The first-order valence-electron chi connectivity index (χ1n) is 13.5. The van der Waals surface area contributed by atoms with Gasteiger partial charge in [-0.3, -0.25) is 9.58 Å². The van der Waals surface area contributed by atoms with Crippen LogP contribution in [0.25, 0.3) is 11.1 Å². The van der Waals surface area contributed by atoms with Crippen molar-refractivity contribution >= 4 is 17.7 Å². The van der Waals surface area contributed by atoms with Gasteiger partial charge in [-0.15, -0.1) is 0 Å². The summed E-state index contributed by atoms with van der Waals surface area (Å²) in [5, 5.41) is 13.8. The number of ether oxygens (including phenoxy) is 2. The lowest BCUT2D eigenvalue weighted by Gasteiger charge is -2.29. The second-order valence-electron chi connectivity index (χ2n) is 10.5. The van der Waals surface area contributed by atoms with Gasteiger partial charge in [-0.1, -0.05) is 36.4 Å². The van der Waals surface area contributed by atoms with Crippen molar-refractivity contribution in [2.24, 2.45) is 5.92 Å². The van der Waals surface area contributed by atoms with Crippen molar-refractivity contribution in [2.45, 2.75) is 32.7 Å². The average molecular weight is 538 g/mol. The molecule has 4 aromatic rings. The number of amides is 1. The molecular weight excluding hydrogens is 506 g/mol. The molecule has 1 fully saturated rings. The van der Waals surface area contributed by atoms with Gasteiger partial charge < -0.3 is 14.6 Å². The Morgan fingerprint density at radius 3 is 2.73 bits per heavy atom. The van der Waals surface area contributed by atoms with Gasteiger partial charge in [0, 0.05) is 18.3 Å². The highest BCUT2D eigenvalue weighted by atomic mass is 16.6. The molecule has 1 aliphatic heterocycles. The smallest absolute Gasteiger partial charge is 0.414 e. The minimum Gasteiger partial charge on any atom is -0.490 e. The number of carbonyl (C=O) groups excluding carboxylic acids is 1. The molecule has 1 aliphatic carbocycles. The number of carboxylic acids is 1. The summed E-state index contributed by atoms with van der Waals surface area (Å²) < 4.78 is 13.3. The van der Waals surface area contributed by atoms with Crippen LogP contribution in [-0.2, 0) is 11.3 Å². The van der Waals surface area contributed by atoms with E-state index in [1.807, 2.05) is 67.3 Å². The fraction of sp³-hybridized carbons (Fsp3) is 0.281. The third kappa shape index (κ3) is 5.04. The first-order chi connectivity index (χ1) is 19.4. The zero-order chi connectivity index (χ0) is 27.8. The second-order valence-corrected chi connectivity index (χ2v) is 10.5. The van der Waals surface area contributed by atoms with E-state index in [0.717, 1.165) is 51.2 Å². The number of carbonyl (C=O) groups is 2. The van der Waals surface area contributed by atoms with Gasteiger partial charge in [0.15, 0.2) is 0 Å². The van der Waals surface area contributed by atoms with Crippen LogP contribution in [0.15, 0.2) is 73.1 Å². The highest BCUT2D eigenvalue weighted by Crippen LogP contribution is 2.57. The van der Waals surface area contributed by atoms with Gasteiger partial charge in [-0.05, 0) is 84.2 Å². The normalized spacial score (nSPS) is 17.1. The molecule has 0 unspecified atom stereocenters. The monoisotopic (exact) mass is 537 g/mol. The summed E-state index contributed by atoms with van der Waals surface area (Å²) in [5.74, 6) is 0.689. The lowest BCUT2D eigenvalue weighted by molar-refractivity contribution is 0.0696. The number of aromatic carboxylic acids is 1. The molecule has 6 rings (SSSR count). The van der Waals surface area contributed by atoms with Crippen LogP contribution in [0.2, 0.25) is 0 Å². The van der Waals surface area contributed by atoms with E-state index < -0.39 is 5.97 Å². The van der Waals surface area contributed by atoms with Gasteiger partial charge in [0.05, 0.1) is 24.0 Å². The van der Waals surface area contributed by atoms with Crippen LogP contribution in [0, 0.1) is 19.8 Å². The van der Waals surface area contributed by atoms with Crippen LogP contribution in [0.5, 0.6) is 5.75 Å². The van der Waals surface area contributed by atoms with Crippen molar-refractivity contribution in [1.29, 1.82) is 0 Å². The Labute approximate surface area is 232 Å². The molecule has 0 saturated heterocycles. The molecule has 0 bridgehead atoms. The van der Waals surface area contributed by atoms with Crippen LogP contribution >= 0.6 is 0 Å². The van der Waals surface area contributed by atoms with Crippen molar-refractivity contribution in [1.82, 2.24) is 9.78 Å². The van der Waals surface area contributed by atoms with Crippen LogP contribution < -0.4 is 9.64 Å². The number of anilines is 1. The SMILES string of the molecule is Cc1cccc(OCCOC(=O)N2C[C@H]3C[C@H]3c3c(-c4cnn(Cc5cccc(C(=O)O)c5)c4)cccc32)c1C. The van der Waals surface area contributed by atoms with Crippen molar-refractivity contribution in [2.75, 3.05) is 24.7 Å². The van der Waals surface area contributed by atoms with Crippen LogP contribution in [-0.4, -0.2) is 46.7 Å². The van der Waals surface area contributed by atoms with E-state index in [9.17, 15) is 14.7 Å². The molecule has 2 aliphatic rings. The molecule has 0 spiro atoms. The van der Waals surface area contributed by atoms with E-state index >= 15 is 0 Å². The summed E-state index contributed by atoms with van der Waals surface area (Å²) in [4.78, 5) is 26.3. The van der Waals surface area contributed by atoms with Crippen LogP contribution in [0.1, 0.15) is 45.0 Å². The Morgan fingerprint density at radius 1 is 1.05 bits per heavy atom. The van der Waals surface area contributed by atoms with Gasteiger partial charge in [-0.2, -0.15) is 5.10 Å². The van der Waals surface area contributed by atoms with Gasteiger partial charge in [0.1, 0.15) is 19.0 Å². The number of hydrogen-bond donors (Lipinski definition) is 1. The fourth-order valence-electron chi connectivity index (χ4n) is 5.56. The Hall–Kier alpha value is -4.59. The molecule has 0 radical (unpaired) electrons. The van der Waals surface area contributed by atoms with Crippen molar-refractivity contribution in [3.05, 3.63) is 101 Å². The fourth-order valence-corrected chi connectivity index (χ4v) is 5.56. The van der Waals surface area contributed by atoms with Crippen LogP contribution in [0.4, 0.5) is 10.5 Å². The molecule has 2 heterocycles. The predicted octanol–water partition coefficient (Wildman–Crippen LogP) is 6.05. The number of benzene rings is 3. The zero-order valence-electron chi connectivity index (χ0n) is 22.5. The zero-order valence-corrected chi connectivity index (χ0v) is 22.5. The summed E-state index contributed by atoms with van der Waals surface area (Å²) in [6, 6.07) is 18.8. The standard InChI is InChI=1S/C32H31N3O5/c1-20-6-3-11-29(21(20)2)39-12-13-40-32(38)35-19-24-15-27(24)30-26(9-5-10-28(30)35)25-16-33-34(18-25)17-22-7-4-8-23(14-22)31(36)37/h3-11,14,16,18,24,27H,12-13,15,17,19H2,1-2H3,(H,36,37)/t24-,27-/m1/s1. The molecule has 3 aromatic carbocycles. The molecule has 1 saturated carbocycles. The quantitative estimate of drug-likeness (QED) is 0.275. The average Bonchev–Trinajstić information content (AvgIpc) is 3.61. The maximum atomic E-state index is 13.2. The molecule has 1 aromatic heterocycles. The van der Waals surface area contributed by atoms with E-state index in [4.69, 9.17) is 9.47 Å². The van der Waals surface area contributed by atoms with Crippen molar-refractivity contribution in [3.8, 4) is 16.9 Å². The minimum absolute atomic E-state index is 0.168. The molecule has 40 heavy (non-hydrogen) atoms. The summed E-state index contributed by atoms with van der Waals surface area (Å²) in [5.41, 5.74) is 7.44. The number of aryl methyl sites for hydroxylation is 1. The van der Waals surface area contributed by atoms with Gasteiger partial charge in [0.2, 0.25) is 0 Å². The summed E-state index contributed by atoms with van der Waals surface area (Å²) in [6.45, 7) is 5.63. The summed E-state index contributed by atoms with van der Waals surface area (Å²) in [6.07, 6.45) is 4.49. The molecule has 2 atom stereocenters. The van der Waals surface area contributed by atoms with E-state index in [0.29, 0.717) is 24.9 Å². The number of carboxylic acid groups (broad SMARTS) is 1. The Bertz CT molecular complexity index is 1590. The first kappa shape index (κ1) is 25.7. The van der Waals surface area contributed by atoms with Crippen LogP contribution in [0.3, 0.4) is 0 Å². The molecule has 1 N–H and O–H groups in total. The summed E-state index contributed by atoms with van der Waals surface area (Å²) in [7, 11) is 0. The number of fused-ring (bicyclic) bond motifs is 3. The molecule has 204 valence electrons. The third-order valence-corrected chi connectivity index (χ3v) is 7.89. The van der Waals surface area contributed by atoms with Crippen molar-refractivity contribution < 1.29 is 24.2 Å². The third-order valence-electron chi connectivity index (χ3n) is 7.89. The number of nitrogens with zero attached hydrogens (tertiary/aromatic N) is 3. The van der Waals surface area contributed by atoms with E-state index in [-0.39, 0.29) is 24.9 Å². The van der Waals surface area contributed by atoms with Gasteiger partial charge >= 0.3 is 12.1 Å². The largest absolute Gasteiger partial charge is 0.490 e. The maximum absolute atomic E-state index is 13.2. The highest BCUT2D eigenvalue weighted by Gasteiger charge is 2.48. The Morgan fingerprint density at radius 2 is 1.88 bits per heavy atom. The molecule has 8 nitrogen and oxygen atoms in total. The number of hydrogen-bond acceptors (Lipinski definition) is 5. The minimum atomic E-state index is -0.949. The topological polar surface area (TPSA) is 93.9 Å². The Balaban J connectivity index is 1.16. The highest BCUT2D eigenvalue weighted by molar-refractivity contribution is 5.92. The van der Waals surface area contributed by atoms with Gasteiger partial charge in [0.25, 0.3) is 0 Å². The second kappa shape index (κ2) is 10.5. The lowest BCUT2D eigenvalue weighted by Crippen LogP contribution is -2.37. The number of rotatable bonds is 8. The van der Waals surface area contributed by atoms with Crippen molar-refractivity contribution in [3.63, 3.8) is 0 Å². The van der Waals surface area contributed by atoms with E-state index in [2.05, 4.69) is 11.2 Å². The maximum Gasteiger partial charge on any atom is 0.414 e. The van der Waals surface area contributed by atoms with Gasteiger partial charge in [-0.25, -0.2) is 9.59 Å². The Kier molecular flexibility index (Phi) is 6.76. The molecule has 8 heteroatoms.